The number of nitrogen functional groups attached to an aromatic ring is 1. The second-order valence-electron chi connectivity index (χ2n) is 5.24. The number of halogens is 1. The predicted molar refractivity (Wildman–Crippen MR) is 88.1 cm³/mol. The average Bonchev–Trinajstić information content (AvgIpc) is 2.45. The summed E-state index contributed by atoms with van der Waals surface area (Å²) >= 11 is 6.16. The third-order valence-corrected chi connectivity index (χ3v) is 3.75. The number of nitrogens with zero attached hydrogens (tertiary/aromatic N) is 2. The van der Waals surface area contributed by atoms with Crippen molar-refractivity contribution in [1.82, 2.24) is 9.97 Å². The first kappa shape index (κ1) is 15.5. The lowest BCUT2D eigenvalue weighted by Gasteiger charge is -2.16. The molecular weight excluding hydrogens is 286 g/mol. The van der Waals surface area contributed by atoms with Crippen LogP contribution in [-0.4, -0.2) is 9.97 Å². The highest BCUT2D eigenvalue weighted by atomic mass is 35.5. The van der Waals surface area contributed by atoms with Gasteiger partial charge in [0.1, 0.15) is 17.5 Å². The predicted octanol–water partition coefficient (Wildman–Crippen LogP) is 3.90. The third kappa shape index (κ3) is 3.25. The molecule has 0 saturated carbocycles. The van der Waals surface area contributed by atoms with Gasteiger partial charge in [0, 0.05) is 22.2 Å². The van der Waals surface area contributed by atoms with E-state index in [2.05, 4.69) is 20.7 Å². The molecule has 0 aliphatic heterocycles. The van der Waals surface area contributed by atoms with Crippen molar-refractivity contribution in [2.75, 3.05) is 10.7 Å². The number of aromatic nitrogens is 2. The molecule has 0 fully saturated rings. The molecule has 5 nitrogen and oxygen atoms in total. The van der Waals surface area contributed by atoms with Gasteiger partial charge in [-0.15, -0.1) is 0 Å². The van der Waals surface area contributed by atoms with Gasteiger partial charge in [-0.1, -0.05) is 31.5 Å². The van der Waals surface area contributed by atoms with Crippen LogP contribution in [-0.2, 0) is 0 Å². The lowest BCUT2D eigenvalue weighted by molar-refractivity contribution is 0.774. The summed E-state index contributed by atoms with van der Waals surface area (Å²) in [4.78, 5) is 9.00. The Morgan fingerprint density at radius 3 is 2.38 bits per heavy atom. The molecule has 1 aromatic heterocycles. The van der Waals surface area contributed by atoms with Gasteiger partial charge in [0.2, 0.25) is 0 Å². The zero-order valence-electron chi connectivity index (χ0n) is 12.7. The van der Waals surface area contributed by atoms with Crippen LogP contribution in [0.2, 0.25) is 5.02 Å². The molecule has 0 atom stereocenters. The maximum atomic E-state index is 6.16. The second-order valence-corrected chi connectivity index (χ2v) is 5.65. The van der Waals surface area contributed by atoms with Gasteiger partial charge in [0.05, 0.1) is 0 Å². The Kier molecular flexibility index (Phi) is 4.65. The molecule has 1 heterocycles. The molecule has 0 saturated heterocycles. The minimum Gasteiger partial charge on any atom is -0.340 e. The van der Waals surface area contributed by atoms with Gasteiger partial charge in [-0.05, 0) is 31.5 Å². The zero-order chi connectivity index (χ0) is 15.6. The van der Waals surface area contributed by atoms with E-state index in [9.17, 15) is 0 Å². The molecule has 0 unspecified atom stereocenters. The van der Waals surface area contributed by atoms with Crippen LogP contribution in [0.25, 0.3) is 0 Å². The van der Waals surface area contributed by atoms with Crippen LogP contribution in [0.3, 0.4) is 0 Å². The van der Waals surface area contributed by atoms with Crippen molar-refractivity contribution in [2.24, 2.45) is 5.84 Å². The van der Waals surface area contributed by atoms with Crippen LogP contribution in [0.15, 0.2) is 18.2 Å². The third-order valence-electron chi connectivity index (χ3n) is 3.34. The van der Waals surface area contributed by atoms with Crippen LogP contribution in [0, 0.1) is 13.8 Å². The van der Waals surface area contributed by atoms with E-state index in [-0.39, 0.29) is 5.92 Å². The Hall–Kier alpha value is -1.85. The summed E-state index contributed by atoms with van der Waals surface area (Å²) in [5, 5.41) is 4.04. The van der Waals surface area contributed by atoms with Crippen LogP contribution in [0.4, 0.5) is 17.3 Å². The normalized spacial score (nSPS) is 10.8. The SMILES string of the molecule is Cc1c(Cl)cccc1Nc1nc(C(C)C)nc(NN)c1C. The largest absolute Gasteiger partial charge is 0.340 e. The molecule has 0 spiro atoms. The fourth-order valence-electron chi connectivity index (χ4n) is 1.92. The molecule has 6 heteroatoms. The van der Waals surface area contributed by atoms with E-state index in [0.717, 1.165) is 28.5 Å². The number of nitrogens with two attached hydrogens (primary N) is 1. The van der Waals surface area contributed by atoms with Crippen molar-refractivity contribution in [1.29, 1.82) is 0 Å². The Morgan fingerprint density at radius 1 is 1.10 bits per heavy atom. The molecule has 0 aliphatic carbocycles. The van der Waals surface area contributed by atoms with Gasteiger partial charge in [-0.2, -0.15) is 0 Å². The molecule has 2 rings (SSSR count). The lowest BCUT2D eigenvalue weighted by Crippen LogP contribution is -2.14. The summed E-state index contributed by atoms with van der Waals surface area (Å²) in [6.45, 7) is 7.97. The van der Waals surface area contributed by atoms with Crippen molar-refractivity contribution in [3.8, 4) is 0 Å². The van der Waals surface area contributed by atoms with Crippen LogP contribution < -0.4 is 16.6 Å². The molecule has 2 aromatic rings. The summed E-state index contributed by atoms with van der Waals surface area (Å²) < 4.78 is 0. The van der Waals surface area contributed by atoms with Crippen molar-refractivity contribution < 1.29 is 0 Å². The maximum Gasteiger partial charge on any atom is 0.148 e. The maximum absolute atomic E-state index is 6.16. The first-order valence-corrected chi connectivity index (χ1v) is 7.19. The van der Waals surface area contributed by atoms with Gasteiger partial charge < -0.3 is 10.7 Å². The van der Waals surface area contributed by atoms with Gasteiger partial charge in [-0.3, -0.25) is 0 Å². The number of hydrogen-bond acceptors (Lipinski definition) is 5. The first-order valence-electron chi connectivity index (χ1n) is 6.81. The van der Waals surface area contributed by atoms with Crippen molar-refractivity contribution in [3.63, 3.8) is 0 Å². The van der Waals surface area contributed by atoms with Gasteiger partial charge in [0.15, 0.2) is 0 Å². The molecule has 1 aromatic carbocycles. The molecule has 0 radical (unpaired) electrons. The number of nitrogens with one attached hydrogen (secondary N) is 2. The summed E-state index contributed by atoms with van der Waals surface area (Å²) in [6.07, 6.45) is 0. The van der Waals surface area contributed by atoms with E-state index in [1.54, 1.807) is 0 Å². The van der Waals surface area contributed by atoms with Crippen molar-refractivity contribution in [2.45, 2.75) is 33.6 Å². The Balaban J connectivity index is 2.48. The summed E-state index contributed by atoms with van der Waals surface area (Å²) in [6, 6.07) is 5.73. The molecule has 0 amide bonds. The molecular formula is C15H20ClN5. The monoisotopic (exact) mass is 305 g/mol. The Bertz CT molecular complexity index is 655. The number of anilines is 3. The molecule has 0 aliphatic rings. The number of hydrogen-bond donors (Lipinski definition) is 3. The highest BCUT2D eigenvalue weighted by Gasteiger charge is 2.13. The summed E-state index contributed by atoms with van der Waals surface area (Å²) in [5.41, 5.74) is 5.38. The average molecular weight is 306 g/mol. The topological polar surface area (TPSA) is 75.9 Å². The number of hydrazine groups is 1. The van der Waals surface area contributed by atoms with Gasteiger partial charge in [-0.25, -0.2) is 15.8 Å². The molecule has 4 N–H and O–H groups in total. The van der Waals surface area contributed by atoms with E-state index < -0.39 is 0 Å². The Labute approximate surface area is 129 Å². The fraction of sp³-hybridized carbons (Fsp3) is 0.333. The smallest absolute Gasteiger partial charge is 0.148 e. The first-order chi connectivity index (χ1) is 9.93. The van der Waals surface area contributed by atoms with Crippen LogP contribution >= 0.6 is 11.6 Å². The van der Waals surface area contributed by atoms with E-state index in [1.807, 2.05) is 45.9 Å². The summed E-state index contributed by atoms with van der Waals surface area (Å²) in [5.74, 6) is 7.84. The quantitative estimate of drug-likeness (QED) is 0.590. The van der Waals surface area contributed by atoms with E-state index in [1.165, 1.54) is 0 Å². The molecule has 0 bridgehead atoms. The lowest BCUT2D eigenvalue weighted by atomic mass is 10.1. The number of benzene rings is 1. The van der Waals surface area contributed by atoms with Crippen LogP contribution in [0.1, 0.15) is 36.7 Å². The summed E-state index contributed by atoms with van der Waals surface area (Å²) in [7, 11) is 0. The van der Waals surface area contributed by atoms with E-state index in [4.69, 9.17) is 17.4 Å². The standard InChI is InChI=1S/C15H20ClN5/c1-8(2)13-19-14(10(4)15(20-13)21-17)18-12-7-5-6-11(16)9(12)3/h5-8H,17H2,1-4H3,(H2,18,19,20,21). The van der Waals surface area contributed by atoms with Crippen LogP contribution in [0.5, 0.6) is 0 Å². The van der Waals surface area contributed by atoms with E-state index >= 15 is 0 Å². The zero-order valence-corrected chi connectivity index (χ0v) is 13.4. The Morgan fingerprint density at radius 2 is 1.76 bits per heavy atom. The highest BCUT2D eigenvalue weighted by Crippen LogP contribution is 2.29. The highest BCUT2D eigenvalue weighted by molar-refractivity contribution is 6.31. The fourth-order valence-corrected chi connectivity index (χ4v) is 2.10. The van der Waals surface area contributed by atoms with Crippen molar-refractivity contribution in [3.05, 3.63) is 40.2 Å². The number of rotatable bonds is 4. The molecule has 21 heavy (non-hydrogen) atoms. The van der Waals surface area contributed by atoms with Crippen molar-refractivity contribution >= 4 is 28.9 Å². The van der Waals surface area contributed by atoms with Gasteiger partial charge in [0.25, 0.3) is 0 Å². The van der Waals surface area contributed by atoms with Gasteiger partial charge >= 0.3 is 0 Å². The second kappa shape index (κ2) is 6.28. The van der Waals surface area contributed by atoms with E-state index in [0.29, 0.717) is 10.8 Å². The minimum atomic E-state index is 0.207. The molecule has 112 valence electrons. The minimum absolute atomic E-state index is 0.207.